The van der Waals surface area contributed by atoms with Crippen molar-refractivity contribution in [3.63, 3.8) is 0 Å². The van der Waals surface area contributed by atoms with Gasteiger partial charge in [0.15, 0.2) is 6.54 Å². The van der Waals surface area contributed by atoms with Crippen molar-refractivity contribution in [3.05, 3.63) is 47.5 Å². The highest BCUT2D eigenvalue weighted by molar-refractivity contribution is 5.70. The molecule has 0 atom stereocenters. The van der Waals surface area contributed by atoms with Gasteiger partial charge in [-0.05, 0) is 50.7 Å². The maximum absolute atomic E-state index is 12.2. The number of quaternary nitrogens is 1. The van der Waals surface area contributed by atoms with Crippen LogP contribution < -0.4 is 0 Å². The summed E-state index contributed by atoms with van der Waals surface area (Å²) in [6, 6.07) is 10.6. The Bertz CT molecular complexity index is 530. The number of carbonyl (C=O) groups excluding carboxylic acids is 1. The first kappa shape index (κ1) is 18.7. The molecule has 1 aromatic rings. The lowest BCUT2D eigenvalue weighted by molar-refractivity contribution is -0.920. The molecule has 0 spiro atoms. The maximum Gasteiger partial charge on any atom is 0.361 e. The Morgan fingerprint density at radius 2 is 1.88 bits per heavy atom. The van der Waals surface area contributed by atoms with Gasteiger partial charge in [-0.2, -0.15) is 0 Å². The number of carbonyl (C=O) groups is 1. The average Bonchev–Trinajstić information content (AvgIpc) is 2.60. The number of ether oxygens (including phenoxy) is 1. The fourth-order valence-corrected chi connectivity index (χ4v) is 3.46. The molecule has 2 rings (SSSR count). The van der Waals surface area contributed by atoms with E-state index in [-0.39, 0.29) is 5.97 Å². The summed E-state index contributed by atoms with van der Waals surface area (Å²) in [6.45, 7) is 8.43. The molecular weight excluding hydrogens is 298 g/mol. The minimum atomic E-state index is -0.0344. The third-order valence-corrected chi connectivity index (χ3v) is 4.85. The van der Waals surface area contributed by atoms with Gasteiger partial charge in [0.05, 0.1) is 26.2 Å². The lowest BCUT2D eigenvalue weighted by atomic mass is 10.0. The van der Waals surface area contributed by atoms with Crippen molar-refractivity contribution in [1.82, 2.24) is 0 Å². The van der Waals surface area contributed by atoms with Crippen LogP contribution in [-0.2, 0) is 16.0 Å². The van der Waals surface area contributed by atoms with Crippen LogP contribution in [0, 0.1) is 0 Å². The van der Waals surface area contributed by atoms with Crippen molar-refractivity contribution >= 4 is 5.97 Å². The van der Waals surface area contributed by atoms with Crippen LogP contribution in [0.5, 0.6) is 0 Å². The van der Waals surface area contributed by atoms with E-state index in [1.54, 1.807) is 0 Å². The van der Waals surface area contributed by atoms with Crippen molar-refractivity contribution in [2.75, 3.05) is 32.8 Å². The van der Waals surface area contributed by atoms with Crippen LogP contribution in [0.3, 0.4) is 0 Å². The van der Waals surface area contributed by atoms with Gasteiger partial charge in [0, 0.05) is 0 Å². The number of allylic oxidation sites excluding steroid dienone is 1. The Kier molecular flexibility index (Phi) is 7.51. The van der Waals surface area contributed by atoms with E-state index in [4.69, 9.17) is 4.74 Å². The molecule has 0 aliphatic carbocycles. The molecule has 0 aromatic heterocycles. The summed E-state index contributed by atoms with van der Waals surface area (Å²) in [6.07, 6.45) is 7.93. The molecule has 1 fully saturated rings. The number of esters is 1. The zero-order valence-corrected chi connectivity index (χ0v) is 15.3. The second-order valence-electron chi connectivity index (χ2n) is 7.12. The number of hydrogen-bond donors (Lipinski definition) is 0. The lowest BCUT2D eigenvalue weighted by Gasteiger charge is -2.40. The van der Waals surface area contributed by atoms with Gasteiger partial charge in [-0.1, -0.05) is 42.8 Å². The average molecular weight is 330 g/mol. The van der Waals surface area contributed by atoms with E-state index in [9.17, 15) is 4.79 Å². The molecule has 3 nitrogen and oxygen atoms in total. The van der Waals surface area contributed by atoms with E-state index >= 15 is 0 Å². The zero-order valence-electron chi connectivity index (χ0n) is 15.3. The summed E-state index contributed by atoms with van der Waals surface area (Å²) in [7, 11) is 0. The fraction of sp³-hybridized carbons (Fsp3) is 0.571. The summed E-state index contributed by atoms with van der Waals surface area (Å²) < 4.78 is 6.22. The van der Waals surface area contributed by atoms with Crippen molar-refractivity contribution < 1.29 is 14.0 Å². The molecule has 0 unspecified atom stereocenters. The zero-order chi connectivity index (χ0) is 17.3. The SMILES string of the molecule is CCCOC(=O)C[N+]1(C/C=C(\C)Cc2ccccc2)CCCCC1. The summed E-state index contributed by atoms with van der Waals surface area (Å²) in [5, 5.41) is 0. The number of nitrogens with zero attached hydrogens (tertiary/aromatic N) is 1. The van der Waals surface area contributed by atoms with Crippen LogP contribution in [0.2, 0.25) is 0 Å². The van der Waals surface area contributed by atoms with Crippen LogP contribution in [0.4, 0.5) is 0 Å². The van der Waals surface area contributed by atoms with Gasteiger partial charge in [0.25, 0.3) is 0 Å². The third kappa shape index (κ3) is 6.12. The molecule has 1 aromatic carbocycles. The van der Waals surface area contributed by atoms with Crippen LogP contribution in [-0.4, -0.2) is 43.2 Å². The van der Waals surface area contributed by atoms with Crippen molar-refractivity contribution in [2.24, 2.45) is 0 Å². The predicted octanol–water partition coefficient (Wildman–Crippen LogP) is 4.13. The summed E-state index contributed by atoms with van der Waals surface area (Å²) in [4.78, 5) is 12.2. The van der Waals surface area contributed by atoms with Crippen LogP contribution in [0.1, 0.15) is 45.1 Å². The molecule has 1 aliphatic heterocycles. The number of benzene rings is 1. The Morgan fingerprint density at radius 1 is 1.17 bits per heavy atom. The summed E-state index contributed by atoms with van der Waals surface area (Å²) >= 11 is 0. The third-order valence-electron chi connectivity index (χ3n) is 4.85. The second kappa shape index (κ2) is 9.63. The molecule has 0 bridgehead atoms. The molecular formula is C21H32NO2+. The van der Waals surface area contributed by atoms with Gasteiger partial charge in [0.1, 0.15) is 0 Å². The second-order valence-corrected chi connectivity index (χ2v) is 7.12. The largest absolute Gasteiger partial charge is 0.462 e. The molecule has 0 radical (unpaired) electrons. The quantitative estimate of drug-likeness (QED) is 0.407. The normalized spacial score (nSPS) is 17.5. The topological polar surface area (TPSA) is 26.3 Å². The van der Waals surface area contributed by atoms with Crippen molar-refractivity contribution in [3.8, 4) is 0 Å². The highest BCUT2D eigenvalue weighted by atomic mass is 16.5. The molecule has 0 N–H and O–H groups in total. The first-order chi connectivity index (χ1) is 11.6. The van der Waals surface area contributed by atoms with E-state index in [2.05, 4.69) is 43.3 Å². The van der Waals surface area contributed by atoms with Gasteiger partial charge in [0.2, 0.25) is 0 Å². The Morgan fingerprint density at radius 3 is 2.54 bits per heavy atom. The highest BCUT2D eigenvalue weighted by Crippen LogP contribution is 2.20. The molecule has 24 heavy (non-hydrogen) atoms. The Hall–Kier alpha value is -1.61. The molecule has 0 saturated carbocycles. The van der Waals surface area contributed by atoms with Crippen LogP contribution >= 0.6 is 0 Å². The molecule has 132 valence electrons. The number of piperidine rings is 1. The first-order valence-corrected chi connectivity index (χ1v) is 9.34. The van der Waals surface area contributed by atoms with E-state index in [1.807, 2.05) is 6.92 Å². The minimum Gasteiger partial charge on any atom is -0.462 e. The maximum atomic E-state index is 12.2. The van der Waals surface area contributed by atoms with E-state index in [0.717, 1.165) is 37.0 Å². The Labute approximate surface area is 146 Å². The summed E-state index contributed by atoms with van der Waals surface area (Å²) in [5.41, 5.74) is 2.73. The number of likely N-dealkylation sites (tertiary alicyclic amines) is 1. The standard InChI is InChI=1S/C21H32NO2/c1-3-16-24-21(23)18-22(13-8-5-9-14-22)15-12-19(2)17-20-10-6-4-7-11-20/h4,6-7,10-12H,3,5,8-9,13-18H2,1-2H3/q+1/b19-12+. The van der Waals surface area contributed by atoms with Crippen LogP contribution in [0.25, 0.3) is 0 Å². The number of rotatable bonds is 8. The Balaban J connectivity index is 1.97. The molecule has 0 amide bonds. The monoisotopic (exact) mass is 330 g/mol. The van der Waals surface area contributed by atoms with Crippen molar-refractivity contribution in [2.45, 2.75) is 46.0 Å². The first-order valence-electron chi connectivity index (χ1n) is 9.34. The van der Waals surface area contributed by atoms with Crippen molar-refractivity contribution in [1.29, 1.82) is 0 Å². The highest BCUT2D eigenvalue weighted by Gasteiger charge is 2.32. The lowest BCUT2D eigenvalue weighted by Crippen LogP contribution is -2.54. The smallest absolute Gasteiger partial charge is 0.361 e. The molecule has 1 aliphatic rings. The van der Waals surface area contributed by atoms with Gasteiger partial charge < -0.3 is 9.22 Å². The van der Waals surface area contributed by atoms with Crippen LogP contribution in [0.15, 0.2) is 42.0 Å². The predicted molar refractivity (Wildman–Crippen MR) is 98.7 cm³/mol. The molecule has 1 saturated heterocycles. The van der Waals surface area contributed by atoms with E-state index in [1.165, 1.54) is 30.4 Å². The van der Waals surface area contributed by atoms with E-state index < -0.39 is 0 Å². The molecule has 1 heterocycles. The van der Waals surface area contributed by atoms with Gasteiger partial charge in [-0.3, -0.25) is 0 Å². The van der Waals surface area contributed by atoms with Gasteiger partial charge in [-0.15, -0.1) is 0 Å². The molecule has 3 heteroatoms. The van der Waals surface area contributed by atoms with E-state index in [0.29, 0.717) is 13.2 Å². The van der Waals surface area contributed by atoms with Gasteiger partial charge >= 0.3 is 5.97 Å². The van der Waals surface area contributed by atoms with Gasteiger partial charge in [-0.25, -0.2) is 4.79 Å². The number of hydrogen-bond acceptors (Lipinski definition) is 2. The minimum absolute atomic E-state index is 0.0344. The summed E-state index contributed by atoms with van der Waals surface area (Å²) in [5.74, 6) is -0.0344. The fourth-order valence-electron chi connectivity index (χ4n) is 3.46.